The molecule has 25 heavy (non-hydrogen) atoms. The number of hydrogen-bond acceptors (Lipinski definition) is 6. The average Bonchev–Trinajstić information content (AvgIpc) is 3.07. The lowest BCUT2D eigenvalue weighted by molar-refractivity contribution is -0.384. The normalized spacial score (nSPS) is 10.3. The third-order valence-corrected chi connectivity index (χ3v) is 3.55. The van der Waals surface area contributed by atoms with Crippen molar-refractivity contribution >= 4 is 29.2 Å². The summed E-state index contributed by atoms with van der Waals surface area (Å²) >= 11 is 5.86. The number of nitrogens with zero attached hydrogens (tertiary/aromatic N) is 1. The summed E-state index contributed by atoms with van der Waals surface area (Å²) < 4.78 is 10.2. The van der Waals surface area contributed by atoms with Crippen molar-refractivity contribution in [2.45, 2.75) is 13.3 Å². The molecule has 8 nitrogen and oxygen atoms in total. The third-order valence-electron chi connectivity index (χ3n) is 3.24. The molecule has 132 valence electrons. The Kier molecular flexibility index (Phi) is 6.13. The Labute approximate surface area is 147 Å². The summed E-state index contributed by atoms with van der Waals surface area (Å²) in [6.07, 6.45) is 0.666. The standard InChI is InChI=1S/C16H15ClN2O6/c1-2-11-4-6-14(25-11)16(21)24-8-7-18-15(20)12-5-3-10(19(22)23)9-13(12)17/h3-6,9H,2,7-8H2,1H3,(H,18,20). The Hall–Kier alpha value is -2.87. The molecule has 0 fully saturated rings. The van der Waals surface area contributed by atoms with Crippen LogP contribution in [0.3, 0.4) is 0 Å². The molecule has 2 aromatic rings. The van der Waals surface area contributed by atoms with Crippen LogP contribution in [0.1, 0.15) is 33.6 Å². The molecule has 0 saturated heterocycles. The minimum atomic E-state index is -0.623. The van der Waals surface area contributed by atoms with E-state index in [1.54, 1.807) is 6.07 Å². The maximum absolute atomic E-state index is 12.0. The Morgan fingerprint density at radius 2 is 2.08 bits per heavy atom. The summed E-state index contributed by atoms with van der Waals surface area (Å²) in [4.78, 5) is 33.7. The minimum absolute atomic E-state index is 0.0358. The molecule has 0 unspecified atom stereocenters. The van der Waals surface area contributed by atoms with Gasteiger partial charge in [0, 0.05) is 18.6 Å². The summed E-state index contributed by atoms with van der Waals surface area (Å²) in [5, 5.41) is 13.1. The van der Waals surface area contributed by atoms with E-state index in [0.29, 0.717) is 12.2 Å². The first kappa shape index (κ1) is 18.5. The number of nitrogens with one attached hydrogen (secondary N) is 1. The number of hydrogen-bond donors (Lipinski definition) is 1. The Bertz CT molecular complexity index is 802. The molecule has 0 atom stereocenters. The lowest BCUT2D eigenvalue weighted by Gasteiger charge is -2.07. The number of carbonyl (C=O) groups is 2. The van der Waals surface area contributed by atoms with Crippen molar-refractivity contribution in [3.8, 4) is 0 Å². The zero-order valence-electron chi connectivity index (χ0n) is 13.3. The summed E-state index contributed by atoms with van der Waals surface area (Å²) in [5.41, 5.74) is -0.113. The van der Waals surface area contributed by atoms with E-state index >= 15 is 0 Å². The second-order valence-corrected chi connectivity index (χ2v) is 5.34. The number of aryl methyl sites for hydroxylation is 1. The van der Waals surface area contributed by atoms with Crippen LogP contribution >= 0.6 is 11.6 Å². The molecule has 9 heteroatoms. The van der Waals surface area contributed by atoms with Gasteiger partial charge in [0.1, 0.15) is 12.4 Å². The molecule has 0 saturated carbocycles. The number of rotatable bonds is 7. The number of non-ortho nitro benzene ring substituents is 1. The number of halogens is 1. The predicted molar refractivity (Wildman–Crippen MR) is 88.8 cm³/mol. The molecular weight excluding hydrogens is 352 g/mol. The van der Waals surface area contributed by atoms with Crippen LogP contribution in [-0.4, -0.2) is 30.0 Å². The average molecular weight is 367 g/mol. The van der Waals surface area contributed by atoms with Crippen LogP contribution in [0.2, 0.25) is 5.02 Å². The van der Waals surface area contributed by atoms with E-state index < -0.39 is 16.8 Å². The van der Waals surface area contributed by atoms with E-state index in [4.69, 9.17) is 20.8 Å². The van der Waals surface area contributed by atoms with Crippen LogP contribution in [0, 0.1) is 10.1 Å². The molecular formula is C16H15ClN2O6. The molecule has 0 spiro atoms. The Balaban J connectivity index is 1.82. The van der Waals surface area contributed by atoms with E-state index in [-0.39, 0.29) is 35.2 Å². The zero-order valence-corrected chi connectivity index (χ0v) is 14.0. The van der Waals surface area contributed by atoms with Crippen LogP contribution in [0.4, 0.5) is 5.69 Å². The van der Waals surface area contributed by atoms with Crippen molar-refractivity contribution < 1.29 is 23.7 Å². The fraction of sp³-hybridized carbons (Fsp3) is 0.250. The highest BCUT2D eigenvalue weighted by Gasteiger charge is 2.15. The van der Waals surface area contributed by atoms with Gasteiger partial charge in [0.25, 0.3) is 11.6 Å². The summed E-state index contributed by atoms with van der Waals surface area (Å²) in [6.45, 7) is 1.89. The number of furan rings is 1. The van der Waals surface area contributed by atoms with E-state index in [1.807, 2.05) is 6.92 Å². The van der Waals surface area contributed by atoms with Gasteiger partial charge in [0.15, 0.2) is 0 Å². The Morgan fingerprint density at radius 1 is 1.32 bits per heavy atom. The molecule has 0 radical (unpaired) electrons. The molecule has 2 rings (SSSR count). The first-order chi connectivity index (χ1) is 11.9. The second-order valence-electron chi connectivity index (χ2n) is 4.93. The molecule has 0 aliphatic carbocycles. The molecule has 1 heterocycles. The fourth-order valence-electron chi connectivity index (χ4n) is 1.95. The van der Waals surface area contributed by atoms with Gasteiger partial charge in [-0.2, -0.15) is 0 Å². The predicted octanol–water partition coefficient (Wildman–Crippen LogP) is 2.99. The lowest BCUT2D eigenvalue weighted by Crippen LogP contribution is -2.28. The van der Waals surface area contributed by atoms with Gasteiger partial charge in [-0.15, -0.1) is 0 Å². The van der Waals surface area contributed by atoms with E-state index in [0.717, 1.165) is 6.07 Å². The fourth-order valence-corrected chi connectivity index (χ4v) is 2.21. The SMILES string of the molecule is CCc1ccc(C(=O)OCCNC(=O)c2ccc([N+](=O)[O-])cc2Cl)o1. The van der Waals surface area contributed by atoms with Gasteiger partial charge >= 0.3 is 5.97 Å². The quantitative estimate of drug-likeness (QED) is 0.349. The van der Waals surface area contributed by atoms with Crippen LogP contribution in [0.5, 0.6) is 0 Å². The third kappa shape index (κ3) is 4.80. The van der Waals surface area contributed by atoms with Crippen molar-refractivity contribution in [1.82, 2.24) is 5.32 Å². The van der Waals surface area contributed by atoms with E-state index in [9.17, 15) is 19.7 Å². The number of esters is 1. The van der Waals surface area contributed by atoms with E-state index in [1.165, 1.54) is 18.2 Å². The van der Waals surface area contributed by atoms with Crippen molar-refractivity contribution in [2.24, 2.45) is 0 Å². The number of carbonyl (C=O) groups excluding carboxylic acids is 2. The molecule has 0 bridgehead atoms. The van der Waals surface area contributed by atoms with Crippen LogP contribution in [0.25, 0.3) is 0 Å². The van der Waals surface area contributed by atoms with Crippen LogP contribution in [-0.2, 0) is 11.2 Å². The van der Waals surface area contributed by atoms with Crippen molar-refractivity contribution in [3.05, 3.63) is 62.6 Å². The number of amides is 1. The largest absolute Gasteiger partial charge is 0.458 e. The number of nitro groups is 1. The van der Waals surface area contributed by atoms with Gasteiger partial charge in [-0.1, -0.05) is 18.5 Å². The monoisotopic (exact) mass is 366 g/mol. The highest BCUT2D eigenvalue weighted by atomic mass is 35.5. The summed E-state index contributed by atoms with van der Waals surface area (Å²) in [6, 6.07) is 6.75. The highest BCUT2D eigenvalue weighted by molar-refractivity contribution is 6.34. The maximum atomic E-state index is 12.0. The highest BCUT2D eigenvalue weighted by Crippen LogP contribution is 2.22. The molecule has 1 amide bonds. The minimum Gasteiger partial charge on any atom is -0.458 e. The summed E-state index contributed by atoms with van der Waals surface area (Å²) in [7, 11) is 0. The molecule has 1 aromatic carbocycles. The zero-order chi connectivity index (χ0) is 18.4. The van der Waals surface area contributed by atoms with Crippen LogP contribution in [0.15, 0.2) is 34.7 Å². The van der Waals surface area contributed by atoms with Gasteiger partial charge in [-0.05, 0) is 18.2 Å². The van der Waals surface area contributed by atoms with Gasteiger partial charge in [-0.25, -0.2) is 4.79 Å². The van der Waals surface area contributed by atoms with E-state index in [2.05, 4.69) is 5.32 Å². The second kappa shape index (κ2) is 8.29. The Morgan fingerprint density at radius 3 is 2.68 bits per heavy atom. The van der Waals surface area contributed by atoms with Crippen molar-refractivity contribution in [3.63, 3.8) is 0 Å². The first-order valence-electron chi connectivity index (χ1n) is 7.40. The first-order valence-corrected chi connectivity index (χ1v) is 7.78. The smallest absolute Gasteiger partial charge is 0.374 e. The van der Waals surface area contributed by atoms with Gasteiger partial charge < -0.3 is 14.5 Å². The number of nitro benzene ring substituents is 1. The molecule has 1 aromatic heterocycles. The van der Waals surface area contributed by atoms with Crippen molar-refractivity contribution in [2.75, 3.05) is 13.2 Å². The van der Waals surface area contributed by atoms with Gasteiger partial charge in [0.2, 0.25) is 5.76 Å². The summed E-state index contributed by atoms with van der Waals surface area (Å²) in [5.74, 6) is -0.376. The maximum Gasteiger partial charge on any atom is 0.374 e. The lowest BCUT2D eigenvalue weighted by atomic mass is 10.2. The molecule has 0 aliphatic heterocycles. The van der Waals surface area contributed by atoms with Crippen molar-refractivity contribution in [1.29, 1.82) is 0 Å². The topological polar surface area (TPSA) is 112 Å². The molecule has 1 N–H and O–H groups in total. The number of benzene rings is 1. The number of ether oxygens (including phenoxy) is 1. The van der Waals surface area contributed by atoms with Gasteiger partial charge in [-0.3, -0.25) is 14.9 Å². The van der Waals surface area contributed by atoms with Crippen LogP contribution < -0.4 is 5.32 Å². The van der Waals surface area contributed by atoms with Gasteiger partial charge in [0.05, 0.1) is 22.1 Å². The molecule has 0 aliphatic rings.